The first-order valence-corrected chi connectivity index (χ1v) is 24.3. The van der Waals surface area contributed by atoms with Crippen LogP contribution >= 0.6 is 0 Å². The molecule has 0 heterocycles. The summed E-state index contributed by atoms with van der Waals surface area (Å²) in [5, 5.41) is 4.80. The molecule has 0 spiro atoms. The number of anilines is 6. The van der Waals surface area contributed by atoms with E-state index >= 15 is 0 Å². The van der Waals surface area contributed by atoms with E-state index < -0.39 is 5.41 Å². The molecule has 0 bridgehead atoms. The molecule has 12 rings (SSSR count). The van der Waals surface area contributed by atoms with Crippen molar-refractivity contribution in [3.05, 3.63) is 306 Å². The van der Waals surface area contributed by atoms with Gasteiger partial charge in [0.2, 0.25) is 0 Å². The van der Waals surface area contributed by atoms with E-state index in [4.69, 9.17) is 0 Å². The molecule has 0 saturated carbocycles. The van der Waals surface area contributed by atoms with Gasteiger partial charge < -0.3 is 9.80 Å². The highest BCUT2D eigenvalue weighted by atomic mass is 15.1. The van der Waals surface area contributed by atoms with Crippen LogP contribution in [0.4, 0.5) is 34.1 Å². The van der Waals surface area contributed by atoms with Crippen LogP contribution in [0.1, 0.15) is 52.8 Å². The van der Waals surface area contributed by atoms with Gasteiger partial charge in [0.15, 0.2) is 0 Å². The van der Waals surface area contributed by atoms with E-state index in [0.29, 0.717) is 0 Å². The minimum atomic E-state index is -0.667. The number of rotatable bonds is 11. The highest BCUT2D eigenvalue weighted by Gasteiger charge is 2.47. The molecule has 0 saturated heterocycles. The van der Waals surface area contributed by atoms with E-state index in [-0.39, 0.29) is 5.41 Å². The van der Waals surface area contributed by atoms with Crippen LogP contribution in [0.5, 0.6) is 0 Å². The maximum absolute atomic E-state index is 3.98. The lowest BCUT2D eigenvalue weighted by molar-refractivity contribution is 0.641. The number of hydrogen-bond acceptors (Lipinski definition) is 2. The molecular formula is C68H52N2. The second-order valence-electron chi connectivity index (χ2n) is 18.9. The second kappa shape index (κ2) is 17.4. The smallest absolute Gasteiger partial charge is 0.0715 e. The van der Waals surface area contributed by atoms with Gasteiger partial charge in [0.05, 0.1) is 16.8 Å². The summed E-state index contributed by atoms with van der Waals surface area (Å²) in [5.41, 5.74) is 16.8. The first kappa shape index (κ1) is 42.6. The Morgan fingerprint density at radius 1 is 0.371 bits per heavy atom. The lowest BCUT2D eigenvalue weighted by Gasteiger charge is -2.36. The highest BCUT2D eigenvalue weighted by molar-refractivity contribution is 6.01. The average Bonchev–Trinajstić information content (AvgIpc) is 3.72. The summed E-state index contributed by atoms with van der Waals surface area (Å²) in [6, 6.07) is 96.2. The molecule has 2 nitrogen and oxygen atoms in total. The lowest BCUT2D eigenvalue weighted by Crippen LogP contribution is -2.29. The van der Waals surface area contributed by atoms with Crippen LogP contribution in [0.25, 0.3) is 38.7 Å². The molecule has 0 aliphatic heterocycles. The van der Waals surface area contributed by atoms with E-state index in [9.17, 15) is 0 Å². The number of fused-ring (bicyclic) bond motifs is 5. The third-order valence-corrected chi connectivity index (χ3v) is 14.8. The summed E-state index contributed by atoms with van der Waals surface area (Å²) in [5.74, 6) is 0. The van der Waals surface area contributed by atoms with Crippen molar-refractivity contribution in [2.24, 2.45) is 0 Å². The number of benzene rings is 11. The van der Waals surface area contributed by atoms with E-state index in [2.05, 4.69) is 291 Å². The maximum Gasteiger partial charge on any atom is 0.0715 e. The van der Waals surface area contributed by atoms with Crippen molar-refractivity contribution in [3.63, 3.8) is 0 Å². The van der Waals surface area contributed by atoms with Crippen LogP contribution in [0.3, 0.4) is 0 Å². The zero-order valence-corrected chi connectivity index (χ0v) is 39.5. The van der Waals surface area contributed by atoms with Crippen molar-refractivity contribution in [2.75, 3.05) is 9.80 Å². The summed E-state index contributed by atoms with van der Waals surface area (Å²) < 4.78 is 0. The Bertz CT molecular complexity index is 3640. The van der Waals surface area contributed by atoms with Gasteiger partial charge in [-0.2, -0.15) is 0 Å². The average molecular weight is 897 g/mol. The molecule has 1 aliphatic carbocycles. The van der Waals surface area contributed by atoms with Crippen LogP contribution in [0.15, 0.2) is 267 Å². The maximum atomic E-state index is 3.98. The standard InChI is InChI=1S/C68H52N2/c1-4-48-34-36-51(37-35-48)67(2,3)52-38-40-56(41-39-52)70(66-33-19-23-50-21-15-17-31-60(50)66)58-43-45-62-61-44-42-57(69(55-28-12-7-13-29-55)65-32-18-22-49-20-14-16-30-59(49)65)46-63(61)68(64(62)47-58,53-24-8-5-9-25-53)54-26-10-6-11-27-54/h4-47H,1H2,2-3H3. The third kappa shape index (κ3) is 7.03. The van der Waals surface area contributed by atoms with Gasteiger partial charge in [-0.3, -0.25) is 0 Å². The van der Waals surface area contributed by atoms with Crippen molar-refractivity contribution in [1.29, 1.82) is 0 Å². The van der Waals surface area contributed by atoms with Crippen LogP contribution in [-0.2, 0) is 10.8 Å². The first-order valence-electron chi connectivity index (χ1n) is 24.3. The predicted molar refractivity (Wildman–Crippen MR) is 297 cm³/mol. The summed E-state index contributed by atoms with van der Waals surface area (Å²) in [4.78, 5) is 4.90. The zero-order valence-electron chi connectivity index (χ0n) is 39.5. The largest absolute Gasteiger partial charge is 0.310 e. The lowest BCUT2D eigenvalue weighted by atomic mass is 9.67. The van der Waals surface area contributed by atoms with Crippen LogP contribution < -0.4 is 9.80 Å². The van der Waals surface area contributed by atoms with Crippen molar-refractivity contribution < 1.29 is 0 Å². The van der Waals surface area contributed by atoms with E-state index in [0.717, 1.165) is 39.7 Å². The molecule has 0 radical (unpaired) electrons. The zero-order chi connectivity index (χ0) is 47.2. The summed E-state index contributed by atoms with van der Waals surface area (Å²) in [6.07, 6.45) is 1.90. The quantitative estimate of drug-likeness (QED) is 0.128. The van der Waals surface area contributed by atoms with Gasteiger partial charge in [0, 0.05) is 38.9 Å². The first-order chi connectivity index (χ1) is 34.4. The fraction of sp³-hybridized carbons (Fsp3) is 0.0588. The molecule has 0 atom stereocenters. The molecule has 70 heavy (non-hydrogen) atoms. The number of nitrogens with zero attached hydrogens (tertiary/aromatic N) is 2. The van der Waals surface area contributed by atoms with Crippen LogP contribution in [0, 0.1) is 0 Å². The number of hydrogen-bond donors (Lipinski definition) is 0. The van der Waals surface area contributed by atoms with E-state index in [1.54, 1.807) is 0 Å². The van der Waals surface area contributed by atoms with Crippen molar-refractivity contribution in [3.8, 4) is 11.1 Å². The minimum absolute atomic E-state index is 0.213. The summed E-state index contributed by atoms with van der Waals surface area (Å²) in [7, 11) is 0. The van der Waals surface area contributed by atoms with Crippen LogP contribution in [0.2, 0.25) is 0 Å². The Morgan fingerprint density at radius 2 is 0.757 bits per heavy atom. The Labute approximate surface area is 411 Å². The van der Waals surface area contributed by atoms with Gasteiger partial charge in [0.1, 0.15) is 0 Å². The number of para-hydroxylation sites is 1. The monoisotopic (exact) mass is 896 g/mol. The minimum Gasteiger partial charge on any atom is -0.310 e. The molecule has 0 unspecified atom stereocenters. The fourth-order valence-corrected chi connectivity index (χ4v) is 11.2. The Morgan fingerprint density at radius 3 is 1.23 bits per heavy atom. The van der Waals surface area contributed by atoms with Crippen molar-refractivity contribution in [2.45, 2.75) is 24.7 Å². The summed E-state index contributed by atoms with van der Waals surface area (Å²) >= 11 is 0. The van der Waals surface area contributed by atoms with Gasteiger partial charge in [-0.15, -0.1) is 0 Å². The summed E-state index contributed by atoms with van der Waals surface area (Å²) in [6.45, 7) is 8.60. The molecular weight excluding hydrogens is 845 g/mol. The topological polar surface area (TPSA) is 6.48 Å². The SMILES string of the molecule is C=Cc1ccc(C(C)(C)c2ccc(N(c3ccc4c(c3)C(c3ccccc3)(c3ccccc3)c3cc(N(c5ccccc5)c5cccc6ccccc56)ccc3-4)c3cccc4ccccc34)cc2)cc1. The van der Waals surface area contributed by atoms with Gasteiger partial charge >= 0.3 is 0 Å². The Kier molecular flexibility index (Phi) is 10.6. The molecule has 2 heteroatoms. The van der Waals surface area contributed by atoms with Gasteiger partial charge in [0.25, 0.3) is 0 Å². The molecule has 1 aliphatic rings. The van der Waals surface area contributed by atoms with E-state index in [1.807, 2.05) is 6.08 Å². The molecule has 0 fully saturated rings. The van der Waals surface area contributed by atoms with Gasteiger partial charge in [-0.05, 0) is 122 Å². The molecule has 0 amide bonds. The normalized spacial score (nSPS) is 12.6. The predicted octanol–water partition coefficient (Wildman–Crippen LogP) is 18.3. The van der Waals surface area contributed by atoms with Crippen LogP contribution in [-0.4, -0.2) is 0 Å². The van der Waals surface area contributed by atoms with Gasteiger partial charge in [-0.1, -0.05) is 227 Å². The highest BCUT2D eigenvalue weighted by Crippen LogP contribution is 2.59. The Hall–Kier alpha value is -8.72. The molecule has 0 aromatic heterocycles. The van der Waals surface area contributed by atoms with E-state index in [1.165, 1.54) is 66.1 Å². The second-order valence-corrected chi connectivity index (χ2v) is 18.9. The Balaban J connectivity index is 1.09. The molecule has 0 N–H and O–H groups in total. The van der Waals surface area contributed by atoms with Gasteiger partial charge in [-0.25, -0.2) is 0 Å². The molecule has 11 aromatic rings. The van der Waals surface area contributed by atoms with Crippen molar-refractivity contribution >= 4 is 61.7 Å². The fourth-order valence-electron chi connectivity index (χ4n) is 11.2. The third-order valence-electron chi connectivity index (χ3n) is 14.8. The molecule has 11 aromatic carbocycles. The van der Waals surface area contributed by atoms with Crippen molar-refractivity contribution in [1.82, 2.24) is 0 Å². The molecule has 334 valence electrons.